The van der Waals surface area contributed by atoms with Gasteiger partial charge in [-0.3, -0.25) is 10.3 Å². The predicted octanol–water partition coefficient (Wildman–Crippen LogP) is 6.34. The van der Waals surface area contributed by atoms with Gasteiger partial charge < -0.3 is 5.73 Å². The Morgan fingerprint density at radius 2 is 1.84 bits per heavy atom. The number of nitrogen functional groups attached to an aromatic ring is 1. The van der Waals surface area contributed by atoms with Crippen LogP contribution in [0.3, 0.4) is 0 Å². The van der Waals surface area contributed by atoms with Crippen molar-refractivity contribution >= 4 is 32.5 Å². The Hall–Kier alpha value is -2.17. The second kappa shape index (κ2) is 7.75. The minimum Gasteiger partial charge on any atom is -0.384 e. The summed E-state index contributed by atoms with van der Waals surface area (Å²) in [4.78, 5) is 2.52. The summed E-state index contributed by atoms with van der Waals surface area (Å²) >= 11 is 3.77. The molecule has 0 amide bonds. The van der Waals surface area contributed by atoms with Gasteiger partial charge in [0.1, 0.15) is 5.84 Å². The average molecular weight is 476 g/mol. The molecule has 3 N–H and O–H groups in total. The number of benzene rings is 3. The molecule has 3 nitrogen and oxygen atoms in total. The predicted molar refractivity (Wildman–Crippen MR) is 133 cm³/mol. The van der Waals surface area contributed by atoms with Gasteiger partial charge in [-0.15, -0.1) is 0 Å². The molecule has 0 spiro atoms. The Morgan fingerprint density at radius 1 is 1.06 bits per heavy atom. The van der Waals surface area contributed by atoms with Crippen LogP contribution in [0.1, 0.15) is 66.0 Å². The van der Waals surface area contributed by atoms with Crippen LogP contribution in [0, 0.1) is 11.3 Å². The molecule has 0 radical (unpaired) electrons. The Balaban J connectivity index is 1.45. The lowest BCUT2D eigenvalue weighted by molar-refractivity contribution is 0.181. The number of amidine groups is 1. The van der Waals surface area contributed by atoms with Crippen LogP contribution in [-0.2, 0) is 6.42 Å². The summed E-state index contributed by atoms with van der Waals surface area (Å²) in [5.41, 5.74) is 12.4. The van der Waals surface area contributed by atoms with E-state index in [4.69, 9.17) is 11.1 Å². The summed E-state index contributed by atoms with van der Waals surface area (Å²) in [5, 5.41) is 10.0. The van der Waals surface area contributed by atoms with Crippen LogP contribution in [-0.4, -0.2) is 24.3 Å². The van der Waals surface area contributed by atoms with Crippen LogP contribution in [0.15, 0.2) is 53.0 Å². The van der Waals surface area contributed by atoms with Crippen LogP contribution in [0.2, 0.25) is 0 Å². The summed E-state index contributed by atoms with van der Waals surface area (Å²) in [7, 11) is 2.27. The smallest absolute Gasteiger partial charge is 0.122 e. The minimum atomic E-state index is 0.109. The molecular weight excluding hydrogens is 446 g/mol. The molecule has 3 unspecified atom stereocenters. The fourth-order valence-electron chi connectivity index (χ4n) is 5.54. The van der Waals surface area contributed by atoms with Crippen molar-refractivity contribution in [3.05, 3.63) is 80.8 Å². The molecule has 2 aliphatic rings. The third kappa shape index (κ3) is 3.70. The summed E-state index contributed by atoms with van der Waals surface area (Å²) in [6.45, 7) is 5.83. The summed E-state index contributed by atoms with van der Waals surface area (Å²) < 4.78 is 1.08. The number of nitrogens with two attached hydrogens (primary N) is 1. The topological polar surface area (TPSA) is 53.1 Å². The minimum absolute atomic E-state index is 0.109. The maximum Gasteiger partial charge on any atom is 0.122 e. The van der Waals surface area contributed by atoms with E-state index in [1.54, 1.807) is 5.56 Å². The maximum absolute atomic E-state index is 7.70. The molecule has 3 atom stereocenters. The van der Waals surface area contributed by atoms with Crippen molar-refractivity contribution < 1.29 is 0 Å². The SMILES string of the molecule is CC(C)C1c2cc(C3CC3c3cc(Br)c4cc(C(=N)N)ccc4c3)ccc2CCN1C. The van der Waals surface area contributed by atoms with Gasteiger partial charge in [-0.2, -0.15) is 0 Å². The van der Waals surface area contributed by atoms with Gasteiger partial charge in [0, 0.05) is 22.6 Å². The van der Waals surface area contributed by atoms with Gasteiger partial charge >= 0.3 is 0 Å². The zero-order valence-electron chi connectivity index (χ0n) is 18.5. The largest absolute Gasteiger partial charge is 0.384 e. The van der Waals surface area contributed by atoms with E-state index in [-0.39, 0.29) is 5.84 Å². The van der Waals surface area contributed by atoms with E-state index in [9.17, 15) is 0 Å². The standard InChI is InChI=1S/C27H30BrN3/c1-15(2)26-24-11-18(5-4-16(24)8-9-31(26)3)21-14-22(21)20-10-17-6-7-19(27(29)30)12-23(17)25(28)13-20/h4-7,10-13,15,21-22,26H,8-9,14H2,1-3H3,(H3,29,30). The molecule has 1 saturated carbocycles. The van der Waals surface area contributed by atoms with Gasteiger partial charge in [0.05, 0.1) is 0 Å². The number of fused-ring (bicyclic) bond motifs is 2. The number of likely N-dealkylation sites (N-methyl/N-ethyl adjacent to an activating group) is 1. The zero-order valence-corrected chi connectivity index (χ0v) is 20.0. The molecule has 160 valence electrons. The quantitative estimate of drug-likeness (QED) is 0.341. The lowest BCUT2D eigenvalue weighted by atomic mass is 9.85. The molecule has 31 heavy (non-hydrogen) atoms. The first kappa shape index (κ1) is 20.7. The van der Waals surface area contributed by atoms with E-state index in [1.165, 1.54) is 28.5 Å². The number of nitrogens with one attached hydrogen (secondary N) is 1. The lowest BCUT2D eigenvalue weighted by Crippen LogP contribution is -2.35. The van der Waals surface area contributed by atoms with Crippen molar-refractivity contribution in [2.45, 2.75) is 44.6 Å². The molecule has 1 aliphatic heterocycles. The van der Waals surface area contributed by atoms with Gasteiger partial charge in [0.15, 0.2) is 0 Å². The molecule has 0 bridgehead atoms. The fraction of sp³-hybridized carbons (Fsp3) is 0.370. The van der Waals surface area contributed by atoms with Crippen molar-refractivity contribution in [1.29, 1.82) is 5.41 Å². The highest BCUT2D eigenvalue weighted by Gasteiger charge is 2.40. The third-order valence-corrected chi connectivity index (χ3v) is 7.87. The van der Waals surface area contributed by atoms with Crippen molar-refractivity contribution in [2.75, 3.05) is 13.6 Å². The van der Waals surface area contributed by atoms with Crippen molar-refractivity contribution in [1.82, 2.24) is 4.90 Å². The molecule has 1 aliphatic carbocycles. The fourth-order valence-corrected chi connectivity index (χ4v) is 6.14. The Morgan fingerprint density at radius 3 is 2.58 bits per heavy atom. The van der Waals surface area contributed by atoms with Gasteiger partial charge in [-0.1, -0.05) is 66.2 Å². The van der Waals surface area contributed by atoms with E-state index >= 15 is 0 Å². The van der Waals surface area contributed by atoms with E-state index in [0.717, 1.165) is 28.4 Å². The second-order valence-corrected chi connectivity index (χ2v) is 10.5. The molecule has 5 rings (SSSR count). The highest BCUT2D eigenvalue weighted by Crippen LogP contribution is 2.56. The first-order chi connectivity index (χ1) is 14.8. The number of halogens is 1. The Bertz CT molecular complexity index is 1180. The molecule has 0 saturated heterocycles. The van der Waals surface area contributed by atoms with E-state index in [0.29, 0.717) is 23.8 Å². The van der Waals surface area contributed by atoms with E-state index < -0.39 is 0 Å². The van der Waals surface area contributed by atoms with Crippen LogP contribution in [0.4, 0.5) is 0 Å². The number of hydrogen-bond acceptors (Lipinski definition) is 2. The summed E-state index contributed by atoms with van der Waals surface area (Å²) in [6, 6.07) is 18.4. The third-order valence-electron chi connectivity index (χ3n) is 7.21. The van der Waals surface area contributed by atoms with Gasteiger partial charge in [0.25, 0.3) is 0 Å². The van der Waals surface area contributed by atoms with Gasteiger partial charge in [-0.05, 0) is 82.8 Å². The normalized spacial score (nSPS) is 23.2. The van der Waals surface area contributed by atoms with Crippen LogP contribution < -0.4 is 5.73 Å². The monoisotopic (exact) mass is 475 g/mol. The van der Waals surface area contributed by atoms with Crippen molar-refractivity contribution in [2.24, 2.45) is 11.7 Å². The maximum atomic E-state index is 7.70. The van der Waals surface area contributed by atoms with Crippen LogP contribution >= 0.6 is 15.9 Å². The summed E-state index contributed by atoms with van der Waals surface area (Å²) in [6.07, 6.45) is 2.37. The highest BCUT2D eigenvalue weighted by molar-refractivity contribution is 9.10. The lowest BCUT2D eigenvalue weighted by Gasteiger charge is -2.37. The van der Waals surface area contributed by atoms with Crippen molar-refractivity contribution in [3.8, 4) is 0 Å². The van der Waals surface area contributed by atoms with E-state index in [2.05, 4.69) is 78.1 Å². The van der Waals surface area contributed by atoms with Gasteiger partial charge in [-0.25, -0.2) is 0 Å². The molecule has 1 heterocycles. The number of rotatable bonds is 4. The second-order valence-electron chi connectivity index (χ2n) is 9.68. The number of hydrogen-bond donors (Lipinski definition) is 2. The molecule has 1 fully saturated rings. The molecule has 3 aromatic carbocycles. The first-order valence-electron chi connectivity index (χ1n) is 11.2. The Labute approximate surface area is 193 Å². The van der Waals surface area contributed by atoms with E-state index in [1.807, 2.05) is 12.1 Å². The van der Waals surface area contributed by atoms with Crippen LogP contribution in [0.25, 0.3) is 10.8 Å². The average Bonchev–Trinajstić information content (AvgIpc) is 3.53. The zero-order chi connectivity index (χ0) is 21.9. The summed E-state index contributed by atoms with van der Waals surface area (Å²) in [5.74, 6) is 1.90. The molecule has 3 aromatic rings. The first-order valence-corrected chi connectivity index (χ1v) is 12.0. The van der Waals surface area contributed by atoms with Gasteiger partial charge in [0.2, 0.25) is 0 Å². The molecule has 0 aromatic heterocycles. The highest BCUT2D eigenvalue weighted by atomic mass is 79.9. The number of nitrogens with zero attached hydrogens (tertiary/aromatic N) is 1. The molecular formula is C27H30BrN3. The van der Waals surface area contributed by atoms with Crippen molar-refractivity contribution in [3.63, 3.8) is 0 Å². The molecule has 4 heteroatoms. The Kier molecular flexibility index (Phi) is 5.18. The van der Waals surface area contributed by atoms with Crippen LogP contribution in [0.5, 0.6) is 0 Å².